The molecule has 2 aromatic rings. The first-order valence-electron chi connectivity index (χ1n) is 6.66. The van der Waals surface area contributed by atoms with Gasteiger partial charge in [-0.05, 0) is 35.9 Å². The summed E-state index contributed by atoms with van der Waals surface area (Å²) in [5.74, 6) is 0.587. The van der Waals surface area contributed by atoms with Gasteiger partial charge in [-0.25, -0.2) is 5.43 Å². The van der Waals surface area contributed by atoms with Crippen molar-refractivity contribution in [2.75, 3.05) is 13.7 Å². The molecule has 0 saturated carbocycles. The van der Waals surface area contributed by atoms with Gasteiger partial charge in [-0.15, -0.1) is 0 Å². The van der Waals surface area contributed by atoms with Crippen molar-refractivity contribution in [3.05, 3.63) is 53.9 Å². The lowest BCUT2D eigenvalue weighted by atomic mass is 10.2. The predicted molar refractivity (Wildman–Crippen MR) is 83.4 cm³/mol. The maximum absolute atomic E-state index is 11.8. The maximum Gasteiger partial charge on any atom is 0.272 e. The van der Waals surface area contributed by atoms with Crippen LogP contribution < -0.4 is 14.9 Å². The number of benzene rings is 1. The van der Waals surface area contributed by atoms with Crippen LogP contribution in [0.2, 0.25) is 0 Å². The average Bonchev–Trinajstić information content (AvgIpc) is 2.61. The Balaban J connectivity index is 2.02. The summed E-state index contributed by atoms with van der Waals surface area (Å²) >= 11 is 0. The molecule has 0 atom stereocenters. The van der Waals surface area contributed by atoms with Crippen molar-refractivity contribution in [2.45, 2.75) is 0 Å². The fraction of sp³-hybridized carbons (Fsp3) is 0.125. The molecule has 0 fully saturated rings. The van der Waals surface area contributed by atoms with Crippen LogP contribution in [0.25, 0.3) is 0 Å². The Labute approximate surface area is 133 Å². The largest absolute Gasteiger partial charge is 0.493 e. The highest BCUT2D eigenvalue weighted by Gasteiger charge is 2.05. The minimum Gasteiger partial charge on any atom is -0.493 e. The Morgan fingerprint density at radius 3 is 3.00 bits per heavy atom. The lowest BCUT2D eigenvalue weighted by molar-refractivity contribution is 0.0955. The highest BCUT2D eigenvalue weighted by Crippen LogP contribution is 2.27. The topological polar surface area (TPSA) is 96.6 Å². The minimum absolute atomic E-state index is 0.0645. The van der Waals surface area contributed by atoms with Gasteiger partial charge < -0.3 is 9.47 Å². The van der Waals surface area contributed by atoms with Crippen LogP contribution in [0.3, 0.4) is 0 Å². The standard InChI is InChI=1S/C16H14N4O3/c1-22-15-9-12(4-5-14(15)23-8-6-17)10-19-20-16(21)13-3-2-7-18-11-13/h2-5,7,9-11H,8H2,1H3,(H,20,21)/b19-10-. The molecule has 0 aliphatic heterocycles. The second-order valence-corrected chi connectivity index (χ2v) is 4.30. The zero-order valence-corrected chi connectivity index (χ0v) is 12.4. The van der Waals surface area contributed by atoms with E-state index in [0.29, 0.717) is 22.6 Å². The van der Waals surface area contributed by atoms with E-state index < -0.39 is 0 Å². The summed E-state index contributed by atoms with van der Waals surface area (Å²) in [6.45, 7) is -0.0645. The highest BCUT2D eigenvalue weighted by molar-refractivity contribution is 5.94. The van der Waals surface area contributed by atoms with E-state index in [2.05, 4.69) is 15.5 Å². The number of rotatable bonds is 6. The third-order valence-corrected chi connectivity index (χ3v) is 2.78. The van der Waals surface area contributed by atoms with Crippen molar-refractivity contribution in [1.82, 2.24) is 10.4 Å². The number of ether oxygens (including phenoxy) is 2. The van der Waals surface area contributed by atoms with Gasteiger partial charge in [0.15, 0.2) is 18.1 Å². The van der Waals surface area contributed by atoms with E-state index in [9.17, 15) is 4.79 Å². The van der Waals surface area contributed by atoms with E-state index in [-0.39, 0.29) is 12.5 Å². The third kappa shape index (κ3) is 4.54. The Bertz CT molecular complexity index is 739. The van der Waals surface area contributed by atoms with Gasteiger partial charge in [-0.2, -0.15) is 10.4 Å². The van der Waals surface area contributed by atoms with E-state index in [1.165, 1.54) is 19.5 Å². The van der Waals surface area contributed by atoms with Crippen molar-refractivity contribution < 1.29 is 14.3 Å². The summed E-state index contributed by atoms with van der Waals surface area (Å²) in [5, 5.41) is 12.4. The summed E-state index contributed by atoms with van der Waals surface area (Å²) in [5.41, 5.74) is 3.53. The van der Waals surface area contributed by atoms with Crippen LogP contribution in [0.4, 0.5) is 0 Å². The number of aromatic nitrogens is 1. The normalized spacial score (nSPS) is 10.1. The molecule has 23 heavy (non-hydrogen) atoms. The van der Waals surface area contributed by atoms with Gasteiger partial charge in [-0.1, -0.05) is 0 Å². The molecular formula is C16H14N4O3. The lowest BCUT2D eigenvalue weighted by Gasteiger charge is -2.08. The summed E-state index contributed by atoms with van der Waals surface area (Å²) < 4.78 is 10.4. The fourth-order valence-corrected chi connectivity index (χ4v) is 1.72. The second-order valence-electron chi connectivity index (χ2n) is 4.30. The molecule has 0 saturated heterocycles. The number of amides is 1. The van der Waals surface area contributed by atoms with Crippen molar-refractivity contribution in [3.63, 3.8) is 0 Å². The Kier molecular flexibility index (Phi) is 5.66. The zero-order chi connectivity index (χ0) is 16.5. The van der Waals surface area contributed by atoms with Crippen LogP contribution >= 0.6 is 0 Å². The molecule has 0 unspecified atom stereocenters. The summed E-state index contributed by atoms with van der Waals surface area (Å²) in [6, 6.07) is 10.3. The summed E-state index contributed by atoms with van der Waals surface area (Å²) in [6.07, 6.45) is 4.52. The fourth-order valence-electron chi connectivity index (χ4n) is 1.72. The van der Waals surface area contributed by atoms with Crippen LogP contribution in [0, 0.1) is 11.3 Å². The first kappa shape index (κ1) is 16.0. The van der Waals surface area contributed by atoms with Crippen LogP contribution in [-0.2, 0) is 0 Å². The highest BCUT2D eigenvalue weighted by atomic mass is 16.5. The van der Waals surface area contributed by atoms with Crippen molar-refractivity contribution >= 4 is 12.1 Å². The molecule has 1 N–H and O–H groups in total. The lowest BCUT2D eigenvalue weighted by Crippen LogP contribution is -2.17. The van der Waals surface area contributed by atoms with Crippen molar-refractivity contribution in [3.8, 4) is 17.6 Å². The van der Waals surface area contributed by atoms with E-state index in [1.807, 2.05) is 6.07 Å². The maximum atomic E-state index is 11.8. The molecule has 7 nitrogen and oxygen atoms in total. The molecule has 7 heteroatoms. The Morgan fingerprint density at radius 1 is 1.43 bits per heavy atom. The number of nitriles is 1. The number of carbonyl (C=O) groups excluding carboxylic acids is 1. The van der Waals surface area contributed by atoms with Gasteiger partial charge in [0.05, 0.1) is 18.9 Å². The second kappa shape index (κ2) is 8.14. The van der Waals surface area contributed by atoms with Crippen LogP contribution in [-0.4, -0.2) is 30.8 Å². The number of pyridine rings is 1. The van der Waals surface area contributed by atoms with Gasteiger partial charge >= 0.3 is 0 Å². The molecule has 0 bridgehead atoms. The summed E-state index contributed by atoms with van der Waals surface area (Å²) in [7, 11) is 1.50. The van der Waals surface area contributed by atoms with Crippen molar-refractivity contribution in [2.24, 2.45) is 5.10 Å². The number of methoxy groups -OCH3 is 1. The van der Waals surface area contributed by atoms with Gasteiger partial charge in [0, 0.05) is 12.4 Å². The quantitative estimate of drug-likeness (QED) is 0.647. The molecule has 1 heterocycles. The number of hydrazone groups is 1. The molecular weight excluding hydrogens is 296 g/mol. The van der Waals surface area contributed by atoms with Crippen LogP contribution in [0.5, 0.6) is 11.5 Å². The van der Waals surface area contributed by atoms with Gasteiger partial charge in [-0.3, -0.25) is 9.78 Å². The molecule has 116 valence electrons. The van der Waals surface area contributed by atoms with E-state index in [1.54, 1.807) is 36.5 Å². The van der Waals surface area contributed by atoms with E-state index >= 15 is 0 Å². The molecule has 2 rings (SSSR count). The van der Waals surface area contributed by atoms with Crippen LogP contribution in [0.15, 0.2) is 47.8 Å². The first-order chi connectivity index (χ1) is 11.2. The molecule has 1 aromatic heterocycles. The van der Waals surface area contributed by atoms with Gasteiger partial charge in [0.25, 0.3) is 5.91 Å². The van der Waals surface area contributed by atoms with Gasteiger partial charge in [0.1, 0.15) is 6.07 Å². The molecule has 0 aliphatic carbocycles. The monoisotopic (exact) mass is 310 g/mol. The number of carbonyl (C=O) groups is 1. The van der Waals surface area contributed by atoms with Crippen molar-refractivity contribution in [1.29, 1.82) is 5.26 Å². The van der Waals surface area contributed by atoms with Gasteiger partial charge in [0.2, 0.25) is 0 Å². The Hall–Kier alpha value is -3.40. The number of nitrogens with one attached hydrogen (secondary N) is 1. The summed E-state index contributed by atoms with van der Waals surface area (Å²) in [4.78, 5) is 15.7. The van der Waals surface area contributed by atoms with Crippen LogP contribution in [0.1, 0.15) is 15.9 Å². The zero-order valence-electron chi connectivity index (χ0n) is 12.4. The third-order valence-electron chi connectivity index (χ3n) is 2.78. The average molecular weight is 310 g/mol. The van der Waals surface area contributed by atoms with E-state index in [0.717, 1.165) is 0 Å². The molecule has 0 radical (unpaired) electrons. The SMILES string of the molecule is COc1cc(/C=N\NC(=O)c2cccnc2)ccc1OCC#N. The number of nitrogens with zero attached hydrogens (tertiary/aromatic N) is 3. The van der Waals surface area contributed by atoms with E-state index in [4.69, 9.17) is 14.7 Å². The Morgan fingerprint density at radius 2 is 2.30 bits per heavy atom. The minimum atomic E-state index is -0.352. The molecule has 0 spiro atoms. The first-order valence-corrected chi connectivity index (χ1v) is 6.66. The predicted octanol–water partition coefficient (Wildman–Crippen LogP) is 1.76. The number of hydrogen-bond donors (Lipinski definition) is 1. The molecule has 0 aliphatic rings. The number of hydrogen-bond acceptors (Lipinski definition) is 6. The smallest absolute Gasteiger partial charge is 0.272 e. The molecule has 1 amide bonds. The molecule has 1 aromatic carbocycles.